The van der Waals surface area contributed by atoms with Gasteiger partial charge in [-0.25, -0.2) is 4.79 Å². The molecule has 2 aromatic rings. The number of carboxylic acids is 1. The zero-order valence-electron chi connectivity index (χ0n) is 11.7. The summed E-state index contributed by atoms with van der Waals surface area (Å²) in [6.07, 6.45) is 0. The van der Waals surface area contributed by atoms with Crippen LogP contribution in [0.25, 0.3) is 0 Å². The van der Waals surface area contributed by atoms with Crippen molar-refractivity contribution in [2.75, 3.05) is 0 Å². The number of rotatable bonds is 5. The maximum Gasteiger partial charge on any atom is 0.337 e. The molecular formula is C14H15ClN2O3S. The Kier molecular flexibility index (Phi) is 4.80. The number of nitrogens with zero attached hydrogens (tertiary/aromatic N) is 2. The molecule has 0 saturated heterocycles. The van der Waals surface area contributed by atoms with Crippen LogP contribution >= 0.6 is 11.6 Å². The van der Waals surface area contributed by atoms with E-state index in [-0.39, 0.29) is 16.3 Å². The summed E-state index contributed by atoms with van der Waals surface area (Å²) in [5, 5.41) is 13.5. The van der Waals surface area contributed by atoms with E-state index in [9.17, 15) is 9.00 Å². The molecule has 1 aromatic carbocycles. The minimum atomic E-state index is -1.35. The molecule has 1 heterocycles. The normalized spacial score (nSPS) is 12.3. The molecule has 112 valence electrons. The lowest BCUT2D eigenvalue weighted by Crippen LogP contribution is -2.07. The highest BCUT2D eigenvalue weighted by Gasteiger charge is 2.14. The predicted octanol–water partition coefficient (Wildman–Crippen LogP) is 2.87. The number of aromatic carboxylic acids is 1. The molecule has 1 N–H and O–H groups in total. The van der Waals surface area contributed by atoms with Crippen molar-refractivity contribution in [2.45, 2.75) is 31.0 Å². The summed E-state index contributed by atoms with van der Waals surface area (Å²) in [4.78, 5) is 11.5. The fraction of sp³-hybridized carbons (Fsp3) is 0.286. The third kappa shape index (κ3) is 3.51. The van der Waals surface area contributed by atoms with Crippen LogP contribution in [-0.4, -0.2) is 25.1 Å². The number of hydrogen-bond donors (Lipinski definition) is 1. The zero-order valence-corrected chi connectivity index (χ0v) is 13.2. The third-order valence-electron chi connectivity index (χ3n) is 3.00. The van der Waals surface area contributed by atoms with Crippen LogP contribution < -0.4 is 0 Å². The number of benzene rings is 1. The van der Waals surface area contributed by atoms with Crippen molar-refractivity contribution in [1.82, 2.24) is 9.78 Å². The Morgan fingerprint density at radius 1 is 1.43 bits per heavy atom. The van der Waals surface area contributed by atoms with Gasteiger partial charge in [-0.15, -0.1) is 0 Å². The molecular weight excluding hydrogens is 312 g/mol. The molecule has 0 fully saturated rings. The summed E-state index contributed by atoms with van der Waals surface area (Å²) in [7, 11) is -1.35. The second-order valence-electron chi connectivity index (χ2n) is 4.53. The molecule has 7 heteroatoms. The van der Waals surface area contributed by atoms with Crippen LogP contribution in [0.15, 0.2) is 29.2 Å². The standard InChI is InChI=1S/C14H15ClN2O3S/c1-3-17-10(6-9(2)16-17)8-21(20)11-4-5-13(15)12(7-11)14(18)19/h4-7H,3,8H2,1-2H3,(H,18,19). The van der Waals surface area contributed by atoms with Gasteiger partial charge in [0.05, 0.1) is 38.5 Å². The minimum absolute atomic E-state index is 0.0392. The number of aryl methyl sites for hydroxylation is 2. The van der Waals surface area contributed by atoms with Crippen LogP contribution in [0.1, 0.15) is 28.7 Å². The Bertz CT molecular complexity index is 712. The van der Waals surface area contributed by atoms with E-state index in [1.807, 2.05) is 19.9 Å². The van der Waals surface area contributed by atoms with E-state index in [0.717, 1.165) is 11.4 Å². The number of halogens is 1. The predicted molar refractivity (Wildman–Crippen MR) is 81.2 cm³/mol. The van der Waals surface area contributed by atoms with Crippen molar-refractivity contribution in [1.29, 1.82) is 0 Å². The Morgan fingerprint density at radius 3 is 2.76 bits per heavy atom. The Balaban J connectivity index is 2.28. The highest BCUT2D eigenvalue weighted by atomic mass is 35.5. The minimum Gasteiger partial charge on any atom is -0.478 e. The van der Waals surface area contributed by atoms with Gasteiger partial charge in [-0.1, -0.05) is 11.6 Å². The van der Waals surface area contributed by atoms with Gasteiger partial charge < -0.3 is 5.11 Å². The molecule has 0 aliphatic rings. The largest absolute Gasteiger partial charge is 0.478 e. The van der Waals surface area contributed by atoms with Gasteiger partial charge in [-0.05, 0) is 38.1 Å². The molecule has 2 rings (SSSR count). The lowest BCUT2D eigenvalue weighted by Gasteiger charge is -2.06. The fourth-order valence-electron chi connectivity index (χ4n) is 2.02. The van der Waals surface area contributed by atoms with E-state index < -0.39 is 16.8 Å². The van der Waals surface area contributed by atoms with Gasteiger partial charge in [0.1, 0.15) is 0 Å². The van der Waals surface area contributed by atoms with Gasteiger partial charge in [-0.3, -0.25) is 8.89 Å². The molecule has 0 bridgehead atoms. The third-order valence-corrected chi connectivity index (χ3v) is 4.66. The van der Waals surface area contributed by atoms with Crippen molar-refractivity contribution in [2.24, 2.45) is 0 Å². The van der Waals surface area contributed by atoms with Gasteiger partial charge >= 0.3 is 5.97 Å². The first kappa shape index (κ1) is 15.7. The lowest BCUT2D eigenvalue weighted by atomic mass is 10.2. The molecule has 1 aromatic heterocycles. The Labute approximate surface area is 130 Å². The van der Waals surface area contributed by atoms with Crippen LogP contribution in [0, 0.1) is 6.92 Å². The topological polar surface area (TPSA) is 72.2 Å². The van der Waals surface area contributed by atoms with Gasteiger partial charge in [-0.2, -0.15) is 5.10 Å². The molecule has 0 amide bonds. The van der Waals surface area contributed by atoms with Crippen LogP contribution in [0.5, 0.6) is 0 Å². The first-order valence-corrected chi connectivity index (χ1v) is 8.06. The highest BCUT2D eigenvalue weighted by Crippen LogP contribution is 2.21. The second kappa shape index (κ2) is 6.41. The SMILES string of the molecule is CCn1nc(C)cc1CS(=O)c1ccc(Cl)c(C(=O)O)c1. The summed E-state index contributed by atoms with van der Waals surface area (Å²) in [5.74, 6) is -0.844. The number of carbonyl (C=O) groups is 1. The monoisotopic (exact) mass is 326 g/mol. The molecule has 5 nitrogen and oxygen atoms in total. The molecule has 1 atom stereocenters. The summed E-state index contributed by atoms with van der Waals surface area (Å²) < 4.78 is 14.2. The maximum absolute atomic E-state index is 12.4. The fourth-order valence-corrected chi connectivity index (χ4v) is 3.35. The Morgan fingerprint density at radius 2 is 2.14 bits per heavy atom. The van der Waals surface area contributed by atoms with Crippen LogP contribution in [0.2, 0.25) is 5.02 Å². The van der Waals surface area contributed by atoms with Crippen LogP contribution in [0.4, 0.5) is 0 Å². The lowest BCUT2D eigenvalue weighted by molar-refractivity contribution is 0.0697. The number of hydrogen-bond acceptors (Lipinski definition) is 3. The highest BCUT2D eigenvalue weighted by molar-refractivity contribution is 7.84. The van der Waals surface area contributed by atoms with Gasteiger partial charge in [0, 0.05) is 11.4 Å². The van der Waals surface area contributed by atoms with Crippen molar-refractivity contribution >= 4 is 28.4 Å². The molecule has 21 heavy (non-hydrogen) atoms. The van der Waals surface area contributed by atoms with E-state index in [1.54, 1.807) is 10.7 Å². The summed E-state index contributed by atoms with van der Waals surface area (Å²) in [5.41, 5.74) is 1.69. The van der Waals surface area contributed by atoms with Crippen LogP contribution in [0.3, 0.4) is 0 Å². The van der Waals surface area contributed by atoms with E-state index in [0.29, 0.717) is 11.4 Å². The molecule has 0 radical (unpaired) electrons. The molecule has 0 aliphatic carbocycles. The first-order valence-electron chi connectivity index (χ1n) is 6.37. The van der Waals surface area contributed by atoms with Gasteiger partial charge in [0.2, 0.25) is 0 Å². The molecule has 1 unspecified atom stereocenters. The smallest absolute Gasteiger partial charge is 0.337 e. The van der Waals surface area contributed by atoms with Crippen molar-refractivity contribution in [3.8, 4) is 0 Å². The van der Waals surface area contributed by atoms with E-state index >= 15 is 0 Å². The maximum atomic E-state index is 12.4. The zero-order chi connectivity index (χ0) is 15.6. The summed E-state index contributed by atoms with van der Waals surface area (Å²) >= 11 is 5.81. The van der Waals surface area contributed by atoms with E-state index in [1.165, 1.54) is 12.1 Å². The Hall–Kier alpha value is -1.66. The number of carboxylic acid groups (broad SMARTS) is 1. The average molecular weight is 327 g/mol. The molecule has 0 spiro atoms. The second-order valence-corrected chi connectivity index (χ2v) is 6.39. The van der Waals surface area contributed by atoms with Crippen molar-refractivity contribution in [3.05, 3.63) is 46.2 Å². The molecule has 0 aliphatic heterocycles. The summed E-state index contributed by atoms with van der Waals surface area (Å²) in [6, 6.07) is 6.29. The first-order chi connectivity index (χ1) is 9.92. The van der Waals surface area contributed by atoms with E-state index in [4.69, 9.17) is 16.7 Å². The quantitative estimate of drug-likeness (QED) is 0.917. The summed E-state index contributed by atoms with van der Waals surface area (Å²) in [6.45, 7) is 4.54. The van der Waals surface area contributed by atoms with Crippen molar-refractivity contribution in [3.63, 3.8) is 0 Å². The molecule has 0 saturated carbocycles. The van der Waals surface area contributed by atoms with Gasteiger partial charge in [0.25, 0.3) is 0 Å². The van der Waals surface area contributed by atoms with Crippen LogP contribution in [-0.2, 0) is 23.1 Å². The number of aromatic nitrogens is 2. The van der Waals surface area contributed by atoms with Gasteiger partial charge in [0.15, 0.2) is 0 Å². The van der Waals surface area contributed by atoms with Crippen molar-refractivity contribution < 1.29 is 14.1 Å². The van der Waals surface area contributed by atoms with E-state index in [2.05, 4.69) is 5.10 Å². The average Bonchev–Trinajstić information content (AvgIpc) is 2.78.